The number of hydrogen-bond acceptors (Lipinski definition) is 4. The van der Waals surface area contributed by atoms with Crippen LogP contribution in [-0.4, -0.2) is 38.8 Å². The molecule has 0 aliphatic carbocycles. The quantitative estimate of drug-likeness (QED) is 0.791. The third-order valence-corrected chi connectivity index (χ3v) is 4.39. The second-order valence-electron chi connectivity index (χ2n) is 6.26. The van der Waals surface area contributed by atoms with E-state index in [0.29, 0.717) is 19.6 Å². The standard InChI is InChI=1S/C20H23FN2O3.ClH/c1-25-18-8-4-15(5-9-18)20(14-2-6-16(21)7-3-14)23-19(24)12-17-13-26-11-10-22-17;/h2-9,17,20,22H,10-13H2,1H3,(H,23,24);1H. The highest BCUT2D eigenvalue weighted by Crippen LogP contribution is 2.24. The molecular formula is C20H24ClFN2O3. The van der Waals surface area contributed by atoms with Crippen molar-refractivity contribution in [2.75, 3.05) is 26.9 Å². The fourth-order valence-electron chi connectivity index (χ4n) is 3.01. The summed E-state index contributed by atoms with van der Waals surface area (Å²) in [7, 11) is 1.60. The summed E-state index contributed by atoms with van der Waals surface area (Å²) in [6.45, 7) is 1.94. The number of amides is 1. The zero-order chi connectivity index (χ0) is 18.4. The summed E-state index contributed by atoms with van der Waals surface area (Å²) in [5.74, 6) is 0.344. The minimum atomic E-state index is -0.362. The van der Waals surface area contributed by atoms with Gasteiger partial charge in [-0.1, -0.05) is 24.3 Å². The molecule has 0 spiro atoms. The van der Waals surface area contributed by atoms with Crippen molar-refractivity contribution in [3.05, 3.63) is 65.5 Å². The Kier molecular flexibility index (Phi) is 8.03. The van der Waals surface area contributed by atoms with Crippen LogP contribution in [0.25, 0.3) is 0 Å². The molecular weight excluding hydrogens is 371 g/mol. The van der Waals surface area contributed by atoms with Crippen LogP contribution < -0.4 is 15.4 Å². The second-order valence-corrected chi connectivity index (χ2v) is 6.26. The highest BCUT2D eigenvalue weighted by Gasteiger charge is 2.21. The lowest BCUT2D eigenvalue weighted by atomic mass is 9.98. The summed E-state index contributed by atoms with van der Waals surface area (Å²) in [5.41, 5.74) is 1.72. The molecule has 2 unspecified atom stereocenters. The molecule has 2 atom stereocenters. The van der Waals surface area contributed by atoms with E-state index in [1.54, 1.807) is 19.2 Å². The van der Waals surface area contributed by atoms with Gasteiger partial charge in [0.05, 0.1) is 26.4 Å². The minimum absolute atomic E-state index is 0. The van der Waals surface area contributed by atoms with E-state index < -0.39 is 0 Å². The molecule has 7 heteroatoms. The third-order valence-electron chi connectivity index (χ3n) is 4.39. The molecule has 27 heavy (non-hydrogen) atoms. The number of methoxy groups -OCH3 is 1. The second kappa shape index (κ2) is 10.3. The number of carbonyl (C=O) groups excluding carboxylic acids is 1. The van der Waals surface area contributed by atoms with E-state index in [9.17, 15) is 9.18 Å². The average Bonchev–Trinajstić information content (AvgIpc) is 2.68. The van der Waals surface area contributed by atoms with E-state index in [2.05, 4.69) is 10.6 Å². The van der Waals surface area contributed by atoms with Gasteiger partial charge in [0, 0.05) is 19.0 Å². The number of halogens is 2. The van der Waals surface area contributed by atoms with Gasteiger partial charge in [-0.25, -0.2) is 4.39 Å². The van der Waals surface area contributed by atoms with Crippen LogP contribution in [0.1, 0.15) is 23.6 Å². The maximum absolute atomic E-state index is 13.3. The Hall–Kier alpha value is -2.15. The molecule has 5 nitrogen and oxygen atoms in total. The van der Waals surface area contributed by atoms with Crippen molar-refractivity contribution in [1.82, 2.24) is 10.6 Å². The SMILES string of the molecule is COc1ccc(C(NC(=O)CC2COCCN2)c2ccc(F)cc2)cc1.Cl. The van der Waals surface area contributed by atoms with Gasteiger partial charge >= 0.3 is 0 Å². The molecule has 0 aromatic heterocycles. The molecule has 1 aliphatic rings. The fraction of sp³-hybridized carbons (Fsp3) is 0.350. The first-order valence-corrected chi connectivity index (χ1v) is 8.65. The van der Waals surface area contributed by atoms with Crippen molar-refractivity contribution >= 4 is 18.3 Å². The van der Waals surface area contributed by atoms with Gasteiger partial charge in [0.25, 0.3) is 0 Å². The van der Waals surface area contributed by atoms with E-state index >= 15 is 0 Å². The van der Waals surface area contributed by atoms with Crippen molar-refractivity contribution in [2.45, 2.75) is 18.5 Å². The first-order valence-electron chi connectivity index (χ1n) is 8.65. The molecule has 3 rings (SSSR count). The summed E-state index contributed by atoms with van der Waals surface area (Å²) in [5, 5.41) is 6.33. The molecule has 1 heterocycles. The molecule has 1 saturated heterocycles. The third kappa shape index (κ3) is 5.92. The van der Waals surface area contributed by atoms with Gasteiger partial charge in [-0.2, -0.15) is 0 Å². The van der Waals surface area contributed by atoms with Gasteiger partial charge < -0.3 is 20.1 Å². The Morgan fingerprint density at radius 3 is 2.41 bits per heavy atom. The molecule has 0 radical (unpaired) electrons. The lowest BCUT2D eigenvalue weighted by Crippen LogP contribution is -2.44. The van der Waals surface area contributed by atoms with Crippen molar-refractivity contribution in [1.29, 1.82) is 0 Å². The topological polar surface area (TPSA) is 59.6 Å². The van der Waals surface area contributed by atoms with Crippen LogP contribution in [0.3, 0.4) is 0 Å². The Labute approximate surface area is 164 Å². The summed E-state index contributed by atoms with van der Waals surface area (Å²) in [6.07, 6.45) is 0.327. The smallest absolute Gasteiger partial charge is 0.222 e. The Morgan fingerprint density at radius 2 is 1.85 bits per heavy atom. The zero-order valence-corrected chi connectivity index (χ0v) is 15.9. The van der Waals surface area contributed by atoms with Crippen LogP contribution in [0.4, 0.5) is 4.39 Å². The maximum atomic E-state index is 13.3. The van der Waals surface area contributed by atoms with Crippen LogP contribution in [0.5, 0.6) is 5.75 Å². The summed E-state index contributed by atoms with van der Waals surface area (Å²) in [4.78, 5) is 12.6. The van der Waals surface area contributed by atoms with Crippen LogP contribution in [0, 0.1) is 5.82 Å². The largest absolute Gasteiger partial charge is 0.497 e. The molecule has 0 bridgehead atoms. The fourth-order valence-corrected chi connectivity index (χ4v) is 3.01. The average molecular weight is 395 g/mol. The number of ether oxygens (including phenoxy) is 2. The summed E-state index contributed by atoms with van der Waals surface area (Å²) < 4.78 is 23.9. The number of hydrogen-bond donors (Lipinski definition) is 2. The first-order chi connectivity index (χ1) is 12.7. The van der Waals surface area contributed by atoms with Crippen LogP contribution >= 0.6 is 12.4 Å². The number of rotatable bonds is 6. The minimum Gasteiger partial charge on any atom is -0.497 e. The van der Waals surface area contributed by atoms with Crippen LogP contribution in [0.15, 0.2) is 48.5 Å². The maximum Gasteiger partial charge on any atom is 0.222 e. The molecule has 2 aromatic rings. The molecule has 2 N–H and O–H groups in total. The van der Waals surface area contributed by atoms with Crippen molar-refractivity contribution in [3.63, 3.8) is 0 Å². The lowest BCUT2D eigenvalue weighted by molar-refractivity contribution is -0.122. The van der Waals surface area contributed by atoms with Crippen molar-refractivity contribution in [2.24, 2.45) is 0 Å². The first kappa shape index (κ1) is 21.2. The normalized spacial score (nSPS) is 17.5. The zero-order valence-electron chi connectivity index (χ0n) is 15.1. The molecule has 1 amide bonds. The van der Waals surface area contributed by atoms with Crippen molar-refractivity contribution in [3.8, 4) is 5.75 Å². The monoisotopic (exact) mass is 394 g/mol. The van der Waals surface area contributed by atoms with Gasteiger partial charge in [0.1, 0.15) is 11.6 Å². The van der Waals surface area contributed by atoms with E-state index in [-0.39, 0.29) is 36.2 Å². The summed E-state index contributed by atoms with van der Waals surface area (Å²) in [6, 6.07) is 13.3. The molecule has 1 aliphatic heterocycles. The van der Waals surface area contributed by atoms with Gasteiger partial charge in [-0.15, -0.1) is 12.4 Å². The predicted octanol–water partition coefficient (Wildman–Crippen LogP) is 2.84. The number of nitrogens with one attached hydrogen (secondary N) is 2. The van der Waals surface area contributed by atoms with E-state index in [4.69, 9.17) is 9.47 Å². The number of morpholine rings is 1. The number of carbonyl (C=O) groups is 1. The van der Waals surface area contributed by atoms with Gasteiger partial charge in [0.15, 0.2) is 0 Å². The van der Waals surface area contributed by atoms with Crippen LogP contribution in [0.2, 0.25) is 0 Å². The summed E-state index contributed by atoms with van der Waals surface area (Å²) >= 11 is 0. The van der Waals surface area contributed by atoms with E-state index in [0.717, 1.165) is 23.4 Å². The Bertz CT molecular complexity index is 719. The molecule has 2 aromatic carbocycles. The highest BCUT2D eigenvalue weighted by atomic mass is 35.5. The molecule has 0 saturated carbocycles. The Morgan fingerprint density at radius 1 is 1.22 bits per heavy atom. The van der Waals surface area contributed by atoms with E-state index in [1.807, 2.05) is 24.3 Å². The van der Waals surface area contributed by atoms with Crippen LogP contribution in [-0.2, 0) is 9.53 Å². The predicted molar refractivity (Wildman–Crippen MR) is 104 cm³/mol. The van der Waals surface area contributed by atoms with Crippen molar-refractivity contribution < 1.29 is 18.7 Å². The molecule has 1 fully saturated rings. The number of benzene rings is 2. The van der Waals surface area contributed by atoms with Gasteiger partial charge in [0.2, 0.25) is 5.91 Å². The highest BCUT2D eigenvalue weighted by molar-refractivity contribution is 5.85. The van der Waals surface area contributed by atoms with Gasteiger partial charge in [-0.3, -0.25) is 4.79 Å². The van der Waals surface area contributed by atoms with Gasteiger partial charge in [-0.05, 0) is 35.4 Å². The Balaban J connectivity index is 0.00000261. The lowest BCUT2D eigenvalue weighted by Gasteiger charge is -2.25. The molecule has 146 valence electrons. The van der Waals surface area contributed by atoms with E-state index in [1.165, 1.54) is 12.1 Å².